The van der Waals surface area contributed by atoms with Crippen molar-refractivity contribution in [3.8, 4) is 0 Å². The van der Waals surface area contributed by atoms with Gasteiger partial charge in [0.2, 0.25) is 5.78 Å². The van der Waals surface area contributed by atoms with Crippen molar-refractivity contribution in [1.82, 2.24) is 9.88 Å². The van der Waals surface area contributed by atoms with Gasteiger partial charge >= 0.3 is 12.1 Å². The molecule has 1 aromatic rings. The summed E-state index contributed by atoms with van der Waals surface area (Å²) in [5.41, 5.74) is 0.670. The molecule has 2 heterocycles. The highest BCUT2D eigenvalue weighted by atomic mass is 35.5. The lowest BCUT2D eigenvalue weighted by Crippen LogP contribution is -2.47. The zero-order valence-electron chi connectivity index (χ0n) is 12.3. The quantitative estimate of drug-likeness (QED) is 0.589. The van der Waals surface area contributed by atoms with E-state index in [2.05, 4.69) is 9.98 Å². The van der Waals surface area contributed by atoms with Gasteiger partial charge in [0, 0.05) is 25.8 Å². The molecule has 1 aromatic heterocycles. The van der Waals surface area contributed by atoms with Gasteiger partial charge in [-0.05, 0) is 18.1 Å². The number of carbonyl (C=O) groups is 1. The third kappa shape index (κ3) is 4.19. The highest BCUT2D eigenvalue weighted by molar-refractivity contribution is 6.29. The van der Waals surface area contributed by atoms with Gasteiger partial charge in [0.1, 0.15) is 11.0 Å². The van der Waals surface area contributed by atoms with E-state index in [-0.39, 0.29) is 24.1 Å². The summed E-state index contributed by atoms with van der Waals surface area (Å²) < 4.78 is 63.0. The molecule has 132 valence electrons. The van der Waals surface area contributed by atoms with E-state index in [1.165, 1.54) is 17.2 Å². The Morgan fingerprint density at radius 2 is 1.96 bits per heavy atom. The smallest absolute Gasteiger partial charge is 0.356 e. The summed E-state index contributed by atoms with van der Waals surface area (Å²) in [5.74, 6) is -7.68. The van der Waals surface area contributed by atoms with Gasteiger partial charge in [0.15, 0.2) is 0 Å². The summed E-state index contributed by atoms with van der Waals surface area (Å²) in [4.78, 5) is 20.7. The summed E-state index contributed by atoms with van der Waals surface area (Å²) in [6.45, 7) is 0.857. The molecule has 1 aliphatic rings. The average molecular weight is 370 g/mol. The van der Waals surface area contributed by atoms with Crippen LogP contribution in [0.3, 0.4) is 0 Å². The van der Waals surface area contributed by atoms with E-state index in [1.807, 2.05) is 0 Å². The Morgan fingerprint density at radius 1 is 1.25 bits per heavy atom. The van der Waals surface area contributed by atoms with Crippen molar-refractivity contribution in [1.29, 1.82) is 0 Å². The number of pyridine rings is 1. The van der Waals surface area contributed by atoms with Crippen molar-refractivity contribution in [2.45, 2.75) is 31.5 Å². The van der Waals surface area contributed by atoms with Crippen LogP contribution in [0.15, 0.2) is 23.3 Å². The van der Waals surface area contributed by atoms with Crippen LogP contribution in [0, 0.1) is 0 Å². The van der Waals surface area contributed by atoms with Crippen molar-refractivity contribution in [3.05, 3.63) is 29.0 Å². The van der Waals surface area contributed by atoms with Crippen LogP contribution in [0.1, 0.15) is 18.4 Å². The van der Waals surface area contributed by atoms with Crippen molar-refractivity contribution in [3.63, 3.8) is 0 Å². The Bertz CT molecular complexity index is 630. The Balaban J connectivity index is 2.11. The maximum atomic E-state index is 13.1. The maximum Gasteiger partial charge on any atom is 0.461 e. The van der Waals surface area contributed by atoms with Crippen LogP contribution in [-0.2, 0) is 11.3 Å². The first kappa shape index (κ1) is 18.6. The number of carbonyl (C=O) groups excluding carboxylic acids is 1. The minimum Gasteiger partial charge on any atom is -0.356 e. The normalized spacial score (nSPS) is 16.1. The van der Waals surface area contributed by atoms with Crippen molar-refractivity contribution in [2.75, 3.05) is 13.1 Å². The van der Waals surface area contributed by atoms with Crippen LogP contribution in [-0.4, -0.2) is 46.7 Å². The van der Waals surface area contributed by atoms with Crippen molar-refractivity contribution in [2.24, 2.45) is 4.99 Å². The number of hydrogen-bond acceptors (Lipinski definition) is 4. The first-order chi connectivity index (χ1) is 11.1. The van der Waals surface area contributed by atoms with Gasteiger partial charge in [-0.1, -0.05) is 17.7 Å². The molecule has 1 aliphatic heterocycles. The molecule has 0 spiro atoms. The largest absolute Gasteiger partial charge is 0.461 e. The lowest BCUT2D eigenvalue weighted by atomic mass is 10.1. The SMILES string of the molecule is O=C(CC1=NCCCN1Cc1ccc(Cl)nc1)C(F)(F)C(F)(F)F. The molecular formula is C14H13ClF5N3O. The molecular weight excluding hydrogens is 357 g/mol. The highest BCUT2D eigenvalue weighted by Crippen LogP contribution is 2.37. The maximum absolute atomic E-state index is 13.1. The van der Waals surface area contributed by atoms with Gasteiger partial charge in [-0.2, -0.15) is 22.0 Å². The van der Waals surface area contributed by atoms with Gasteiger partial charge in [-0.3, -0.25) is 9.79 Å². The van der Waals surface area contributed by atoms with Crippen LogP contribution < -0.4 is 0 Å². The van der Waals surface area contributed by atoms with E-state index in [0.717, 1.165) is 0 Å². The zero-order chi connectivity index (χ0) is 18.0. The molecule has 2 rings (SSSR count). The molecule has 0 aromatic carbocycles. The number of nitrogens with zero attached hydrogens (tertiary/aromatic N) is 3. The number of rotatable bonds is 5. The van der Waals surface area contributed by atoms with Crippen LogP contribution >= 0.6 is 11.6 Å². The van der Waals surface area contributed by atoms with Gasteiger partial charge in [-0.15, -0.1) is 0 Å². The number of amidine groups is 1. The predicted octanol–water partition coefficient (Wildman–Crippen LogP) is 3.50. The monoisotopic (exact) mass is 369 g/mol. The van der Waals surface area contributed by atoms with E-state index in [4.69, 9.17) is 11.6 Å². The number of aromatic nitrogens is 1. The summed E-state index contributed by atoms with van der Waals surface area (Å²) in [6.07, 6.45) is -4.92. The van der Waals surface area contributed by atoms with E-state index in [0.29, 0.717) is 18.5 Å². The van der Waals surface area contributed by atoms with Crippen molar-refractivity contribution >= 4 is 23.2 Å². The predicted molar refractivity (Wildman–Crippen MR) is 77.2 cm³/mol. The lowest BCUT2D eigenvalue weighted by Gasteiger charge is -2.30. The molecule has 0 unspecified atom stereocenters. The summed E-state index contributed by atoms with van der Waals surface area (Å²) in [7, 11) is 0. The molecule has 10 heteroatoms. The van der Waals surface area contributed by atoms with Crippen LogP contribution in [0.5, 0.6) is 0 Å². The Morgan fingerprint density at radius 3 is 2.54 bits per heavy atom. The van der Waals surface area contributed by atoms with Crippen LogP contribution in [0.4, 0.5) is 22.0 Å². The first-order valence-corrected chi connectivity index (χ1v) is 7.35. The highest BCUT2D eigenvalue weighted by Gasteiger charge is 2.62. The van der Waals surface area contributed by atoms with Crippen LogP contribution in [0.25, 0.3) is 0 Å². The minimum absolute atomic E-state index is 0.0786. The third-order valence-corrected chi connectivity index (χ3v) is 3.66. The first-order valence-electron chi connectivity index (χ1n) is 6.98. The fraction of sp³-hybridized carbons (Fsp3) is 0.500. The average Bonchev–Trinajstić information content (AvgIpc) is 2.50. The summed E-state index contributed by atoms with van der Waals surface area (Å²) in [5, 5.41) is 0.270. The standard InChI is InChI=1S/C14H13ClF5N3O/c15-11-3-2-9(7-22-11)8-23-5-1-4-21-12(23)6-10(24)13(16,17)14(18,19)20/h2-3,7H,1,4-6,8H2. The molecule has 0 radical (unpaired) electrons. The van der Waals surface area contributed by atoms with Crippen LogP contribution in [0.2, 0.25) is 5.15 Å². The molecule has 4 nitrogen and oxygen atoms in total. The summed E-state index contributed by atoms with van der Waals surface area (Å²) >= 11 is 5.66. The number of halogens is 6. The van der Waals surface area contributed by atoms with Gasteiger partial charge in [0.05, 0.1) is 6.42 Å². The van der Waals surface area contributed by atoms with Gasteiger partial charge in [-0.25, -0.2) is 4.98 Å². The fourth-order valence-electron chi connectivity index (χ4n) is 2.17. The Kier molecular flexibility index (Phi) is 5.42. The van der Waals surface area contributed by atoms with Crippen molar-refractivity contribution < 1.29 is 26.7 Å². The summed E-state index contributed by atoms with van der Waals surface area (Å²) in [6, 6.07) is 3.17. The molecule has 0 amide bonds. The molecule has 0 saturated carbocycles. The molecule has 0 N–H and O–H groups in total. The molecule has 0 atom stereocenters. The second kappa shape index (κ2) is 7.00. The third-order valence-electron chi connectivity index (χ3n) is 3.43. The minimum atomic E-state index is -5.91. The Hall–Kier alpha value is -1.77. The number of ketones is 1. The number of alkyl halides is 5. The number of hydrogen-bond donors (Lipinski definition) is 0. The van der Waals surface area contributed by atoms with E-state index in [9.17, 15) is 26.7 Å². The van der Waals surface area contributed by atoms with Gasteiger partial charge in [0.25, 0.3) is 0 Å². The lowest BCUT2D eigenvalue weighted by molar-refractivity contribution is -0.268. The second-order valence-electron chi connectivity index (χ2n) is 5.23. The van der Waals surface area contributed by atoms with E-state index >= 15 is 0 Å². The van der Waals surface area contributed by atoms with E-state index in [1.54, 1.807) is 6.07 Å². The number of aliphatic imine (C=N–C) groups is 1. The second-order valence-corrected chi connectivity index (χ2v) is 5.62. The fourth-order valence-corrected chi connectivity index (χ4v) is 2.28. The molecule has 0 fully saturated rings. The zero-order valence-corrected chi connectivity index (χ0v) is 13.0. The molecule has 0 aliphatic carbocycles. The number of Topliss-reactive ketones (excluding diaryl/α,β-unsaturated/α-hetero) is 1. The molecule has 24 heavy (non-hydrogen) atoms. The van der Waals surface area contributed by atoms with Gasteiger partial charge < -0.3 is 4.90 Å². The van der Waals surface area contributed by atoms with E-state index < -0.39 is 24.3 Å². The molecule has 0 saturated heterocycles. The molecule has 0 bridgehead atoms. The Labute approximate surface area is 139 Å². The topological polar surface area (TPSA) is 45.6 Å².